The van der Waals surface area contributed by atoms with Gasteiger partial charge in [0.25, 0.3) is 0 Å². The molecule has 2 aromatic heterocycles. The zero-order valence-electron chi connectivity index (χ0n) is 12.3. The summed E-state index contributed by atoms with van der Waals surface area (Å²) in [6.45, 7) is 4.96. The second-order valence-corrected chi connectivity index (χ2v) is 4.61. The van der Waals surface area contributed by atoms with Gasteiger partial charge in [0.2, 0.25) is 0 Å². The van der Waals surface area contributed by atoms with Crippen molar-refractivity contribution < 1.29 is 4.74 Å². The highest BCUT2D eigenvalue weighted by atomic mass is 16.5. The summed E-state index contributed by atoms with van der Waals surface area (Å²) in [5.41, 5.74) is 2.23. The molecule has 0 saturated carbocycles. The molecule has 0 aromatic carbocycles. The van der Waals surface area contributed by atoms with Crippen molar-refractivity contribution in [3.63, 3.8) is 0 Å². The Morgan fingerprint density at radius 2 is 2.25 bits per heavy atom. The van der Waals surface area contributed by atoms with Gasteiger partial charge in [0.05, 0.1) is 31.1 Å². The van der Waals surface area contributed by atoms with Crippen molar-refractivity contribution in [3.8, 4) is 0 Å². The van der Waals surface area contributed by atoms with Crippen LogP contribution < -0.4 is 5.32 Å². The lowest BCUT2D eigenvalue weighted by Gasteiger charge is -2.07. The molecule has 0 bridgehead atoms. The van der Waals surface area contributed by atoms with E-state index >= 15 is 0 Å². The molecule has 0 saturated heterocycles. The second kappa shape index (κ2) is 7.16. The molecule has 0 aliphatic rings. The molecule has 0 unspecified atom stereocenters. The molecule has 0 fully saturated rings. The van der Waals surface area contributed by atoms with Gasteiger partial charge >= 0.3 is 0 Å². The number of hydrogen-bond acceptors (Lipinski definition) is 5. The third-order valence-corrected chi connectivity index (χ3v) is 3.16. The van der Waals surface area contributed by atoms with Gasteiger partial charge in [0.15, 0.2) is 0 Å². The van der Waals surface area contributed by atoms with Gasteiger partial charge in [-0.3, -0.25) is 4.68 Å². The molecule has 0 spiro atoms. The molecule has 20 heavy (non-hydrogen) atoms. The molecular weight excluding hydrogens is 256 g/mol. The molecule has 0 radical (unpaired) electrons. The number of nitrogens with zero attached hydrogens (tertiary/aromatic N) is 5. The topological polar surface area (TPSA) is 69.8 Å². The van der Waals surface area contributed by atoms with E-state index < -0.39 is 0 Å². The summed E-state index contributed by atoms with van der Waals surface area (Å²) in [7, 11) is 3.65. The standard InChI is InChI=1S/C13H22N6O/c1-4-11-7-12(18(2)17-11)9-19-13(15-10-16-19)8-14-5-6-20-3/h7,10,14H,4-6,8-9H2,1-3H3. The lowest BCUT2D eigenvalue weighted by atomic mass is 10.3. The van der Waals surface area contributed by atoms with Crippen molar-refractivity contribution >= 4 is 0 Å². The van der Waals surface area contributed by atoms with E-state index in [1.807, 2.05) is 16.4 Å². The number of aryl methyl sites for hydroxylation is 2. The Morgan fingerprint density at radius 3 is 2.95 bits per heavy atom. The number of rotatable bonds is 8. The smallest absolute Gasteiger partial charge is 0.141 e. The van der Waals surface area contributed by atoms with E-state index in [1.54, 1.807) is 13.4 Å². The van der Waals surface area contributed by atoms with Crippen molar-refractivity contribution in [2.24, 2.45) is 7.05 Å². The summed E-state index contributed by atoms with van der Waals surface area (Å²) >= 11 is 0. The molecule has 0 atom stereocenters. The second-order valence-electron chi connectivity index (χ2n) is 4.61. The molecule has 1 N–H and O–H groups in total. The fraction of sp³-hybridized carbons (Fsp3) is 0.615. The molecule has 110 valence electrons. The monoisotopic (exact) mass is 278 g/mol. The first-order chi connectivity index (χ1) is 9.74. The van der Waals surface area contributed by atoms with Gasteiger partial charge in [0.1, 0.15) is 12.2 Å². The molecule has 2 aromatic rings. The largest absolute Gasteiger partial charge is 0.383 e. The Morgan fingerprint density at radius 1 is 1.40 bits per heavy atom. The zero-order chi connectivity index (χ0) is 14.4. The molecule has 2 heterocycles. The maximum atomic E-state index is 5.00. The van der Waals surface area contributed by atoms with E-state index in [2.05, 4.69) is 33.5 Å². The normalized spacial score (nSPS) is 11.2. The summed E-state index contributed by atoms with van der Waals surface area (Å²) < 4.78 is 8.81. The highest BCUT2D eigenvalue weighted by Crippen LogP contribution is 2.07. The van der Waals surface area contributed by atoms with Crippen molar-refractivity contribution in [3.05, 3.63) is 29.6 Å². The first kappa shape index (κ1) is 14.7. The Bertz CT molecular complexity index is 533. The Labute approximate surface area is 119 Å². The van der Waals surface area contributed by atoms with Crippen molar-refractivity contribution in [1.82, 2.24) is 29.9 Å². The minimum atomic E-state index is 0.682. The fourth-order valence-corrected chi connectivity index (χ4v) is 1.98. The maximum absolute atomic E-state index is 5.00. The van der Waals surface area contributed by atoms with Crippen LogP contribution in [0.2, 0.25) is 0 Å². The van der Waals surface area contributed by atoms with Crippen LogP contribution >= 0.6 is 0 Å². The molecular formula is C13H22N6O. The number of methoxy groups -OCH3 is 1. The maximum Gasteiger partial charge on any atom is 0.141 e. The lowest BCUT2D eigenvalue weighted by molar-refractivity contribution is 0.198. The average Bonchev–Trinajstić information content (AvgIpc) is 3.03. The molecule has 7 nitrogen and oxygen atoms in total. The quantitative estimate of drug-likeness (QED) is 0.706. The molecule has 2 rings (SSSR count). The van der Waals surface area contributed by atoms with E-state index in [0.717, 1.165) is 30.2 Å². The van der Waals surface area contributed by atoms with Crippen LogP contribution in [0.1, 0.15) is 24.1 Å². The average molecular weight is 278 g/mol. The predicted octanol–water partition coefficient (Wildman–Crippen LogP) is 0.358. The SMILES string of the molecule is CCc1cc(Cn2ncnc2CNCCOC)n(C)n1. The minimum Gasteiger partial charge on any atom is -0.383 e. The van der Waals surface area contributed by atoms with E-state index in [9.17, 15) is 0 Å². The summed E-state index contributed by atoms with van der Waals surface area (Å²) in [4.78, 5) is 4.29. The summed E-state index contributed by atoms with van der Waals surface area (Å²) in [5.74, 6) is 0.917. The highest BCUT2D eigenvalue weighted by Gasteiger charge is 2.09. The van der Waals surface area contributed by atoms with E-state index in [0.29, 0.717) is 19.7 Å². The number of nitrogens with one attached hydrogen (secondary N) is 1. The van der Waals surface area contributed by atoms with Crippen LogP contribution in [0.15, 0.2) is 12.4 Å². The number of hydrogen-bond donors (Lipinski definition) is 1. The van der Waals surface area contributed by atoms with Crippen LogP contribution in [0.3, 0.4) is 0 Å². The summed E-state index contributed by atoms with van der Waals surface area (Å²) in [6, 6.07) is 2.11. The Hall–Kier alpha value is -1.73. The van der Waals surface area contributed by atoms with E-state index in [1.165, 1.54) is 0 Å². The first-order valence-corrected chi connectivity index (χ1v) is 6.82. The van der Waals surface area contributed by atoms with E-state index in [-0.39, 0.29) is 0 Å². The third-order valence-electron chi connectivity index (χ3n) is 3.16. The van der Waals surface area contributed by atoms with Crippen LogP contribution in [-0.4, -0.2) is 44.8 Å². The van der Waals surface area contributed by atoms with Crippen LogP contribution in [0.5, 0.6) is 0 Å². The van der Waals surface area contributed by atoms with Crippen LogP contribution in [0.4, 0.5) is 0 Å². The highest BCUT2D eigenvalue weighted by molar-refractivity contribution is 5.10. The fourth-order valence-electron chi connectivity index (χ4n) is 1.98. The van der Waals surface area contributed by atoms with Crippen molar-refractivity contribution in [1.29, 1.82) is 0 Å². The Balaban J connectivity index is 1.98. The number of ether oxygens (including phenoxy) is 1. The van der Waals surface area contributed by atoms with Crippen molar-refractivity contribution in [2.75, 3.05) is 20.3 Å². The van der Waals surface area contributed by atoms with Gasteiger partial charge in [-0.1, -0.05) is 6.92 Å². The minimum absolute atomic E-state index is 0.682. The van der Waals surface area contributed by atoms with Gasteiger partial charge in [-0.25, -0.2) is 9.67 Å². The van der Waals surface area contributed by atoms with Gasteiger partial charge in [-0.2, -0.15) is 10.2 Å². The first-order valence-electron chi connectivity index (χ1n) is 6.82. The van der Waals surface area contributed by atoms with Gasteiger partial charge in [-0.15, -0.1) is 0 Å². The van der Waals surface area contributed by atoms with Crippen LogP contribution in [0.25, 0.3) is 0 Å². The number of aromatic nitrogens is 5. The molecule has 0 amide bonds. The third kappa shape index (κ3) is 3.64. The van der Waals surface area contributed by atoms with Gasteiger partial charge < -0.3 is 10.1 Å². The van der Waals surface area contributed by atoms with E-state index in [4.69, 9.17) is 4.74 Å². The Kier molecular flexibility index (Phi) is 5.25. The lowest BCUT2D eigenvalue weighted by Crippen LogP contribution is -2.22. The summed E-state index contributed by atoms with van der Waals surface area (Å²) in [6.07, 6.45) is 2.53. The van der Waals surface area contributed by atoms with Crippen LogP contribution in [-0.2, 0) is 31.3 Å². The van der Waals surface area contributed by atoms with Crippen molar-refractivity contribution in [2.45, 2.75) is 26.4 Å². The molecule has 0 aliphatic carbocycles. The molecule has 7 heteroatoms. The molecule has 0 aliphatic heterocycles. The zero-order valence-corrected chi connectivity index (χ0v) is 12.3. The van der Waals surface area contributed by atoms with Gasteiger partial charge in [-0.05, 0) is 12.5 Å². The summed E-state index contributed by atoms with van der Waals surface area (Å²) in [5, 5.41) is 12.0. The predicted molar refractivity (Wildman–Crippen MR) is 75.3 cm³/mol. The van der Waals surface area contributed by atoms with Gasteiger partial charge in [0, 0.05) is 20.7 Å². The van der Waals surface area contributed by atoms with Crippen LogP contribution in [0, 0.1) is 0 Å².